The van der Waals surface area contributed by atoms with Crippen molar-refractivity contribution in [1.82, 2.24) is 51.7 Å². The Morgan fingerprint density at radius 1 is 0.551 bits per heavy atom. The number of likely N-dealkylation sites (N-methyl/N-ethyl adjacent to an activating group) is 1. The Bertz CT molecular complexity index is 2050. The number of amides is 5. The van der Waals surface area contributed by atoms with E-state index >= 15 is 0 Å². The van der Waals surface area contributed by atoms with E-state index in [-0.39, 0.29) is 75.2 Å². The number of methoxy groups -OCH3 is 2. The summed E-state index contributed by atoms with van der Waals surface area (Å²) in [6, 6.07) is 34.4. The Labute approximate surface area is 436 Å². The molecule has 381 valence electrons. The number of urea groups is 1. The molecule has 0 bridgehead atoms. The Morgan fingerprint density at radius 2 is 0.855 bits per heavy atom. The van der Waals surface area contributed by atoms with E-state index in [2.05, 4.69) is 200 Å². The zero-order valence-electron chi connectivity index (χ0n) is 43.1. The number of benzene rings is 4. The van der Waals surface area contributed by atoms with Crippen LogP contribution in [0.25, 0.3) is 43.6 Å². The average molecular weight is 1030 g/mol. The van der Waals surface area contributed by atoms with Crippen molar-refractivity contribution in [2.75, 3.05) is 82.5 Å². The minimum absolute atomic E-state index is 0. The smallest absolute Gasteiger partial charge is 0.314 e. The number of nitrogens with zero attached hydrogens (tertiary/aromatic N) is 2. The van der Waals surface area contributed by atoms with E-state index in [1.165, 1.54) is 63.9 Å². The van der Waals surface area contributed by atoms with E-state index < -0.39 is 0 Å². The molecule has 6 aromatic rings. The van der Waals surface area contributed by atoms with Crippen LogP contribution >= 0.6 is 0 Å². The third-order valence-corrected chi connectivity index (χ3v) is 8.75. The quantitative estimate of drug-likeness (QED) is 0.0326. The van der Waals surface area contributed by atoms with Gasteiger partial charge in [-0.25, -0.2) is 4.79 Å². The van der Waals surface area contributed by atoms with Crippen LogP contribution in [-0.2, 0) is 61.3 Å². The third-order valence-electron chi connectivity index (χ3n) is 8.75. The number of fused-ring (bicyclic) bond motifs is 6. The zero-order valence-corrected chi connectivity index (χ0v) is 45.9. The molecule has 2 atom stereocenters. The second-order valence-electron chi connectivity index (χ2n) is 14.7. The number of hydrogen-bond donors (Lipinski definition) is 8. The molecule has 0 saturated carbocycles. The van der Waals surface area contributed by atoms with Crippen molar-refractivity contribution in [3.63, 3.8) is 0 Å². The molecule has 1 radical (unpaired) electrons. The van der Waals surface area contributed by atoms with Crippen molar-refractivity contribution < 1.29 is 66.1 Å². The van der Waals surface area contributed by atoms with Crippen LogP contribution in [-0.4, -0.2) is 115 Å². The van der Waals surface area contributed by atoms with Gasteiger partial charge in [0.1, 0.15) is 6.61 Å². The fourth-order valence-corrected chi connectivity index (χ4v) is 5.98. The molecule has 17 nitrogen and oxygen atoms in total. The van der Waals surface area contributed by atoms with E-state index in [1.54, 1.807) is 42.4 Å². The Morgan fingerprint density at radius 3 is 1.07 bits per heavy atom. The fourth-order valence-electron chi connectivity index (χ4n) is 5.98. The predicted molar refractivity (Wildman–Crippen MR) is 280 cm³/mol. The van der Waals surface area contributed by atoms with Crippen molar-refractivity contribution in [2.24, 2.45) is 0 Å². The molecule has 0 aliphatic heterocycles. The van der Waals surface area contributed by atoms with Crippen LogP contribution in [0.3, 0.4) is 0 Å². The van der Waals surface area contributed by atoms with Crippen LogP contribution in [0.4, 0.5) is 4.79 Å². The van der Waals surface area contributed by atoms with Gasteiger partial charge in [0, 0.05) is 126 Å². The summed E-state index contributed by atoms with van der Waals surface area (Å²) in [7, 11) is 9.63. The Hall–Kier alpha value is -4.98. The van der Waals surface area contributed by atoms with Crippen LogP contribution < -0.4 is 42.5 Å². The average Bonchev–Trinajstić information content (AvgIpc) is 3.86. The summed E-state index contributed by atoms with van der Waals surface area (Å²) >= 11 is 0. The molecule has 2 aromatic heterocycles. The molecule has 0 unspecified atom stereocenters. The van der Waals surface area contributed by atoms with E-state index in [0.29, 0.717) is 33.5 Å². The molecule has 0 saturated heterocycles. The molecule has 2 heterocycles. The zero-order chi connectivity index (χ0) is 51.3. The number of hydrogen-bond acceptors (Lipinski definition) is 10. The molecule has 69 heavy (non-hydrogen) atoms. The van der Waals surface area contributed by atoms with Gasteiger partial charge < -0.3 is 63.8 Å². The van der Waals surface area contributed by atoms with Gasteiger partial charge in [0.05, 0.1) is 33.5 Å². The van der Waals surface area contributed by atoms with Crippen molar-refractivity contribution in [3.8, 4) is 0 Å². The molecular weight excluding hydrogens is 954 g/mol. The number of ether oxygens (including phenoxy) is 3. The van der Waals surface area contributed by atoms with Gasteiger partial charge in [-0.3, -0.25) is 30.3 Å². The molecule has 0 aliphatic rings. The van der Waals surface area contributed by atoms with Crippen molar-refractivity contribution in [1.29, 1.82) is 0 Å². The van der Waals surface area contributed by atoms with E-state index in [0.717, 1.165) is 0 Å². The molecule has 6 rings (SSSR count). The van der Waals surface area contributed by atoms with Gasteiger partial charge in [0.25, 0.3) is 0 Å². The summed E-state index contributed by atoms with van der Waals surface area (Å²) in [6.07, 6.45) is 1.25. The maximum Gasteiger partial charge on any atom is 0.314 e. The largest absolute Gasteiger partial charge is 0.369 e. The summed E-state index contributed by atoms with van der Waals surface area (Å²) in [5, 5.41) is 25.9. The van der Waals surface area contributed by atoms with Crippen molar-refractivity contribution >= 4 is 67.4 Å². The standard InChI is InChI=1S/2C15H14N.3C5H12N2O2.C3H8N2O.C3H8.Y/c2*1-11(2)16-14-9-5-3-7-12(14)13-8-4-6-10-15(13)16;1-6-4-9-3-5(8)7-2;2*1-5(8)7-3-6-4-9-2;1-4-3(6)5-2;1-3-2;/h2*3-11H,1H2,2H3;3*6H,3-4H2,1-2H3,(H,7,8);1-2H3,(H2,4,5,6);3H2,1-2H3;/q2*-1;;;;;;/t2*11-;;;;;;/m11....../s1. The molecule has 5 amide bonds. The van der Waals surface area contributed by atoms with Crippen molar-refractivity contribution in [2.45, 2.75) is 60.0 Å². The number of aromatic nitrogens is 2. The van der Waals surface area contributed by atoms with E-state index in [9.17, 15) is 19.2 Å². The molecule has 18 heteroatoms. The van der Waals surface area contributed by atoms with Crippen LogP contribution in [0.1, 0.15) is 60.0 Å². The molecule has 0 spiro atoms. The molecule has 8 N–H and O–H groups in total. The minimum Gasteiger partial charge on any atom is -0.369 e. The molecule has 0 aliphatic carbocycles. The van der Waals surface area contributed by atoms with Gasteiger partial charge in [-0.15, -0.1) is 0 Å². The summed E-state index contributed by atoms with van der Waals surface area (Å²) in [6.45, 7) is 22.1. The predicted octanol–water partition coefficient (Wildman–Crippen LogP) is 6.81. The van der Waals surface area contributed by atoms with Crippen LogP contribution in [0.5, 0.6) is 0 Å². The van der Waals surface area contributed by atoms with Gasteiger partial charge in [-0.2, -0.15) is 0 Å². The Balaban J connectivity index is 0. The van der Waals surface area contributed by atoms with E-state index in [1.807, 2.05) is 0 Å². The van der Waals surface area contributed by atoms with Gasteiger partial charge in [0.15, 0.2) is 0 Å². The number of rotatable bonds is 14. The first-order valence-corrected chi connectivity index (χ1v) is 22.5. The maximum atomic E-state index is 10.4. The summed E-state index contributed by atoms with van der Waals surface area (Å²) < 4.78 is 18.7. The van der Waals surface area contributed by atoms with Crippen LogP contribution in [0.2, 0.25) is 0 Å². The topological polar surface area (TPSA) is 202 Å². The van der Waals surface area contributed by atoms with Gasteiger partial charge >= 0.3 is 6.03 Å². The second-order valence-corrected chi connectivity index (χ2v) is 14.7. The maximum absolute atomic E-state index is 10.4. The Kier molecular flexibility index (Phi) is 39.2. The summed E-state index contributed by atoms with van der Waals surface area (Å²) in [5.74, 6) is -0.192. The van der Waals surface area contributed by atoms with E-state index in [4.69, 9.17) is 4.74 Å². The third kappa shape index (κ3) is 26.5. The molecule has 4 aromatic carbocycles. The number of carbonyl (C=O) groups excluding carboxylic acids is 4. The van der Waals surface area contributed by atoms with Crippen LogP contribution in [0.15, 0.2) is 97.1 Å². The normalized spacial score (nSPS) is 10.6. The fraction of sp³-hybridized carbons (Fsp3) is 0.412. The first-order valence-electron chi connectivity index (χ1n) is 22.5. The van der Waals surface area contributed by atoms with Gasteiger partial charge in [-0.05, 0) is 31.3 Å². The number of para-hydroxylation sites is 4. The molecular formula is C51H80N10O7Y-2. The van der Waals surface area contributed by atoms with Crippen LogP contribution in [0, 0.1) is 13.8 Å². The summed E-state index contributed by atoms with van der Waals surface area (Å²) in [5.41, 5.74) is 5.08. The minimum atomic E-state index is -0.157. The SMILES string of the molecule is CCC.CNC(=O)NC.CNCOCC(=O)NC.COCNCNC(C)=O.COCNCNC(C)=O.[CH2-][C@H](C)n1c2ccccc2c2ccccc21.[CH2-][C@H](C)n1c2ccccc2c2ccccc21.[Y]. The van der Waals surface area contributed by atoms with Crippen molar-refractivity contribution in [3.05, 3.63) is 111 Å². The first-order chi connectivity index (χ1) is 32.6. The number of nitrogens with one attached hydrogen (secondary N) is 8. The second kappa shape index (κ2) is 40.9. The number of carbonyl (C=O) groups is 4. The van der Waals surface area contributed by atoms with Gasteiger partial charge in [0.2, 0.25) is 17.7 Å². The van der Waals surface area contributed by atoms with Gasteiger partial charge in [-0.1, -0.05) is 119 Å². The summed E-state index contributed by atoms with van der Waals surface area (Å²) in [4.78, 5) is 40.8. The first kappa shape index (κ1) is 66.1. The molecule has 0 fully saturated rings. The monoisotopic (exact) mass is 1030 g/mol.